The Kier molecular flexibility index (Phi) is 5.78. The van der Waals surface area contributed by atoms with Crippen LogP contribution in [0.25, 0.3) is 17.2 Å². The van der Waals surface area contributed by atoms with Crippen molar-refractivity contribution in [2.75, 3.05) is 6.54 Å². The number of nitrogens with zero attached hydrogens (tertiary/aromatic N) is 9. The molecule has 12 heteroatoms. The number of hydrogen-bond acceptors (Lipinski definition) is 7. The van der Waals surface area contributed by atoms with Crippen LogP contribution in [0.4, 0.5) is 4.39 Å². The van der Waals surface area contributed by atoms with E-state index in [1.807, 2.05) is 4.90 Å². The molecule has 1 amide bonds. The van der Waals surface area contributed by atoms with Gasteiger partial charge in [-0.1, -0.05) is 11.6 Å². The third-order valence-corrected chi connectivity index (χ3v) is 5.73. The molecule has 1 aliphatic heterocycles. The zero-order valence-electron chi connectivity index (χ0n) is 17.4. The summed E-state index contributed by atoms with van der Waals surface area (Å²) in [5, 5.41) is 21.3. The first-order valence-corrected chi connectivity index (χ1v) is 10.8. The number of hydrogen-bond donors (Lipinski definition) is 0. The van der Waals surface area contributed by atoms with Gasteiger partial charge in [-0.2, -0.15) is 19.8 Å². The SMILES string of the molecule is O=C(c1cc(Cl)ccc1-n1nccn1)N1CCCC[C@H]1Cn1nnc(-c2ccc(F)cn2)n1. The van der Waals surface area contributed by atoms with E-state index in [1.54, 1.807) is 30.6 Å². The number of halogens is 2. The van der Waals surface area contributed by atoms with Gasteiger partial charge in [0, 0.05) is 11.6 Å². The van der Waals surface area contributed by atoms with Crippen LogP contribution in [0.3, 0.4) is 0 Å². The molecule has 0 radical (unpaired) electrons. The van der Waals surface area contributed by atoms with Gasteiger partial charge in [0.1, 0.15) is 11.5 Å². The van der Waals surface area contributed by atoms with Crippen molar-refractivity contribution in [2.24, 2.45) is 0 Å². The van der Waals surface area contributed by atoms with Crippen molar-refractivity contribution in [1.29, 1.82) is 0 Å². The van der Waals surface area contributed by atoms with Gasteiger partial charge in [0.25, 0.3) is 5.91 Å². The predicted octanol–water partition coefficient (Wildman–Crippen LogP) is 2.80. The molecule has 0 saturated carbocycles. The average molecular weight is 468 g/mol. The zero-order chi connectivity index (χ0) is 22.8. The van der Waals surface area contributed by atoms with Crippen molar-refractivity contribution in [3.05, 3.63) is 65.3 Å². The van der Waals surface area contributed by atoms with Crippen LogP contribution < -0.4 is 0 Å². The summed E-state index contributed by atoms with van der Waals surface area (Å²) >= 11 is 6.22. The number of pyridine rings is 1. The molecule has 0 unspecified atom stereocenters. The van der Waals surface area contributed by atoms with Crippen LogP contribution in [0.15, 0.2) is 48.9 Å². The standard InChI is InChI=1S/C21H19ClFN9O/c22-14-4-7-19(32-25-8-9-26-32)17(11-14)21(33)30-10-2-1-3-16(30)13-31-28-20(27-29-31)18-6-5-15(23)12-24-18/h4-9,11-12,16H,1-3,10,13H2/t16-/m0/s1. The Morgan fingerprint density at radius 1 is 1.15 bits per heavy atom. The lowest BCUT2D eigenvalue weighted by Crippen LogP contribution is -2.46. The van der Waals surface area contributed by atoms with Crippen molar-refractivity contribution >= 4 is 17.5 Å². The lowest BCUT2D eigenvalue weighted by Gasteiger charge is -2.35. The lowest BCUT2D eigenvalue weighted by atomic mass is 10.0. The summed E-state index contributed by atoms with van der Waals surface area (Å²) in [6.45, 7) is 0.971. The van der Waals surface area contributed by atoms with Crippen molar-refractivity contribution in [1.82, 2.24) is 45.1 Å². The Labute approximate surface area is 193 Å². The molecule has 0 N–H and O–H groups in total. The molecule has 4 aromatic rings. The highest BCUT2D eigenvalue weighted by atomic mass is 35.5. The smallest absolute Gasteiger partial charge is 0.256 e. The molecule has 33 heavy (non-hydrogen) atoms. The van der Waals surface area contributed by atoms with Crippen LogP contribution in [-0.4, -0.2) is 63.6 Å². The zero-order valence-corrected chi connectivity index (χ0v) is 18.2. The quantitative estimate of drug-likeness (QED) is 0.444. The fraction of sp³-hybridized carbons (Fsp3) is 0.286. The van der Waals surface area contributed by atoms with E-state index in [-0.39, 0.29) is 11.9 Å². The van der Waals surface area contributed by atoms with E-state index in [0.717, 1.165) is 25.5 Å². The maximum atomic E-state index is 13.6. The molecular formula is C21H19ClFN9O. The predicted molar refractivity (Wildman–Crippen MR) is 116 cm³/mol. The summed E-state index contributed by atoms with van der Waals surface area (Å²) < 4.78 is 13.1. The molecule has 0 spiro atoms. The first-order chi connectivity index (χ1) is 16.1. The van der Waals surface area contributed by atoms with Crippen molar-refractivity contribution < 1.29 is 9.18 Å². The monoisotopic (exact) mass is 467 g/mol. The van der Waals surface area contributed by atoms with Gasteiger partial charge >= 0.3 is 0 Å². The number of tetrazole rings is 1. The Bertz CT molecular complexity index is 1260. The van der Waals surface area contributed by atoms with Gasteiger partial charge < -0.3 is 4.90 Å². The number of rotatable bonds is 5. The van der Waals surface area contributed by atoms with Gasteiger partial charge in [0.05, 0.1) is 42.4 Å². The van der Waals surface area contributed by atoms with Crippen LogP contribution in [0.2, 0.25) is 5.02 Å². The van der Waals surface area contributed by atoms with E-state index in [9.17, 15) is 9.18 Å². The van der Waals surface area contributed by atoms with Gasteiger partial charge in [0.15, 0.2) is 0 Å². The molecule has 1 fully saturated rings. The molecule has 1 saturated heterocycles. The summed E-state index contributed by atoms with van der Waals surface area (Å²) in [7, 11) is 0. The van der Waals surface area contributed by atoms with Crippen molar-refractivity contribution in [3.8, 4) is 17.2 Å². The molecule has 0 aliphatic carbocycles. The fourth-order valence-corrected chi connectivity index (χ4v) is 4.10. The van der Waals surface area contributed by atoms with Crippen LogP contribution >= 0.6 is 11.6 Å². The van der Waals surface area contributed by atoms with Gasteiger partial charge in [-0.05, 0) is 54.8 Å². The van der Waals surface area contributed by atoms with E-state index in [0.29, 0.717) is 40.9 Å². The largest absolute Gasteiger partial charge is 0.334 e. The Morgan fingerprint density at radius 2 is 2.00 bits per heavy atom. The topological polar surface area (TPSA) is 108 Å². The summed E-state index contributed by atoms with van der Waals surface area (Å²) in [5.41, 5.74) is 1.41. The fourth-order valence-electron chi connectivity index (χ4n) is 3.93. The maximum absolute atomic E-state index is 13.6. The molecule has 4 heterocycles. The molecule has 1 aliphatic rings. The highest BCUT2D eigenvalue weighted by Gasteiger charge is 2.30. The highest BCUT2D eigenvalue weighted by molar-refractivity contribution is 6.31. The number of carbonyl (C=O) groups excluding carboxylic acids is 1. The van der Waals surface area contributed by atoms with E-state index in [4.69, 9.17) is 11.6 Å². The Morgan fingerprint density at radius 3 is 2.79 bits per heavy atom. The van der Waals surface area contributed by atoms with Gasteiger partial charge in [-0.25, -0.2) is 9.37 Å². The second kappa shape index (κ2) is 9.02. The normalized spacial score (nSPS) is 16.2. The molecular weight excluding hydrogens is 449 g/mol. The summed E-state index contributed by atoms with van der Waals surface area (Å²) in [4.78, 5) is 22.3. The minimum Gasteiger partial charge on any atom is -0.334 e. The van der Waals surface area contributed by atoms with Gasteiger partial charge in [-0.15, -0.1) is 10.2 Å². The third kappa shape index (κ3) is 4.44. The van der Waals surface area contributed by atoms with E-state index in [2.05, 4.69) is 30.6 Å². The number of carbonyl (C=O) groups is 1. The maximum Gasteiger partial charge on any atom is 0.256 e. The number of piperidine rings is 1. The second-order valence-electron chi connectivity index (χ2n) is 7.66. The van der Waals surface area contributed by atoms with Crippen LogP contribution in [0.1, 0.15) is 29.6 Å². The third-order valence-electron chi connectivity index (χ3n) is 5.49. The van der Waals surface area contributed by atoms with Crippen molar-refractivity contribution in [3.63, 3.8) is 0 Å². The van der Waals surface area contributed by atoms with Crippen LogP contribution in [0, 0.1) is 5.82 Å². The second-order valence-corrected chi connectivity index (χ2v) is 8.09. The van der Waals surface area contributed by atoms with E-state index >= 15 is 0 Å². The average Bonchev–Trinajstić information content (AvgIpc) is 3.52. The number of likely N-dealkylation sites (tertiary alicyclic amines) is 1. The first kappa shape index (κ1) is 21.1. The molecule has 5 rings (SSSR count). The minimum atomic E-state index is -0.437. The van der Waals surface area contributed by atoms with Crippen molar-refractivity contribution in [2.45, 2.75) is 31.8 Å². The number of benzene rings is 1. The Balaban J connectivity index is 1.39. The Hall–Kier alpha value is -3.73. The highest BCUT2D eigenvalue weighted by Crippen LogP contribution is 2.25. The molecule has 0 bridgehead atoms. The first-order valence-electron chi connectivity index (χ1n) is 10.5. The van der Waals surface area contributed by atoms with Gasteiger partial charge in [-0.3, -0.25) is 4.79 Å². The molecule has 168 valence electrons. The van der Waals surface area contributed by atoms with E-state index in [1.165, 1.54) is 21.7 Å². The number of aromatic nitrogens is 8. The summed E-state index contributed by atoms with van der Waals surface area (Å²) in [6, 6.07) is 7.73. The molecule has 1 atom stereocenters. The molecule has 3 aromatic heterocycles. The summed E-state index contributed by atoms with van der Waals surface area (Å²) in [5.74, 6) is -0.297. The van der Waals surface area contributed by atoms with Crippen LogP contribution in [0.5, 0.6) is 0 Å². The summed E-state index contributed by atoms with van der Waals surface area (Å²) in [6.07, 6.45) is 6.89. The minimum absolute atomic E-state index is 0.133. The molecule has 10 nitrogen and oxygen atoms in total. The lowest BCUT2D eigenvalue weighted by molar-refractivity contribution is 0.0576. The van der Waals surface area contributed by atoms with Crippen LogP contribution in [-0.2, 0) is 6.54 Å². The van der Waals surface area contributed by atoms with E-state index < -0.39 is 5.82 Å². The molecule has 1 aromatic carbocycles. The number of amides is 1. The van der Waals surface area contributed by atoms with Gasteiger partial charge in [0.2, 0.25) is 5.82 Å².